The minimum absolute atomic E-state index is 0.0711. The molecular formula is C16H15F3O4S. The molecule has 1 aliphatic carbocycles. The van der Waals surface area contributed by atoms with Crippen LogP contribution in [0.5, 0.6) is 0 Å². The molecule has 0 radical (unpaired) electrons. The van der Waals surface area contributed by atoms with Crippen LogP contribution in [0, 0.1) is 0 Å². The Bertz CT molecular complexity index is 766. The van der Waals surface area contributed by atoms with E-state index >= 15 is 0 Å². The van der Waals surface area contributed by atoms with Crippen LogP contribution >= 0.6 is 0 Å². The first-order valence-corrected chi connectivity index (χ1v) is 8.47. The van der Waals surface area contributed by atoms with Gasteiger partial charge < -0.3 is 4.18 Å². The Morgan fingerprint density at radius 1 is 1.25 bits per heavy atom. The minimum Gasteiger partial charge on any atom is -0.379 e. The van der Waals surface area contributed by atoms with Crippen molar-refractivity contribution in [2.45, 2.75) is 30.2 Å². The Morgan fingerprint density at radius 2 is 1.88 bits per heavy atom. The van der Waals surface area contributed by atoms with Crippen molar-refractivity contribution in [2.24, 2.45) is 0 Å². The van der Waals surface area contributed by atoms with Crippen LogP contribution in [0.2, 0.25) is 0 Å². The van der Waals surface area contributed by atoms with Gasteiger partial charge in [0.1, 0.15) is 11.2 Å². The second-order valence-electron chi connectivity index (χ2n) is 5.28. The summed E-state index contributed by atoms with van der Waals surface area (Å²) in [6.45, 7) is 3.53. The number of benzene rings is 1. The maximum atomic E-state index is 12.7. The Hall–Kier alpha value is -2.09. The number of hydrogen-bond donors (Lipinski definition) is 0. The van der Waals surface area contributed by atoms with Crippen molar-refractivity contribution < 1.29 is 30.6 Å². The van der Waals surface area contributed by atoms with Crippen LogP contribution in [-0.2, 0) is 24.5 Å². The molecule has 0 aromatic heterocycles. The highest BCUT2D eigenvalue weighted by Gasteiger charge is 2.53. The van der Waals surface area contributed by atoms with E-state index in [4.69, 9.17) is 0 Å². The lowest BCUT2D eigenvalue weighted by Gasteiger charge is -2.36. The third kappa shape index (κ3) is 3.10. The summed E-state index contributed by atoms with van der Waals surface area (Å²) in [5, 5.41) is 0. The first-order chi connectivity index (χ1) is 11.1. The zero-order valence-electron chi connectivity index (χ0n) is 12.5. The van der Waals surface area contributed by atoms with Gasteiger partial charge in [-0.05, 0) is 24.5 Å². The number of ketones is 1. The van der Waals surface area contributed by atoms with Gasteiger partial charge in [0.2, 0.25) is 0 Å². The largest absolute Gasteiger partial charge is 0.534 e. The van der Waals surface area contributed by atoms with Crippen LogP contribution < -0.4 is 0 Å². The van der Waals surface area contributed by atoms with E-state index < -0.39 is 32.6 Å². The van der Waals surface area contributed by atoms with E-state index in [9.17, 15) is 26.4 Å². The van der Waals surface area contributed by atoms with Crippen molar-refractivity contribution >= 4 is 15.9 Å². The zero-order valence-corrected chi connectivity index (χ0v) is 13.4. The number of allylic oxidation sites excluding steroid dienone is 3. The van der Waals surface area contributed by atoms with E-state index in [2.05, 4.69) is 10.8 Å². The normalized spacial score (nSPS) is 22.0. The van der Waals surface area contributed by atoms with E-state index in [1.807, 2.05) is 0 Å². The molecule has 2 rings (SSSR count). The number of hydrogen-bond acceptors (Lipinski definition) is 4. The maximum absolute atomic E-state index is 12.7. The predicted octanol–water partition coefficient (Wildman–Crippen LogP) is 3.61. The summed E-state index contributed by atoms with van der Waals surface area (Å²) >= 11 is 0. The zero-order chi connectivity index (χ0) is 18.0. The van der Waals surface area contributed by atoms with E-state index in [-0.39, 0.29) is 19.3 Å². The summed E-state index contributed by atoms with van der Waals surface area (Å²) < 4.78 is 65.3. The molecule has 1 atom stereocenters. The summed E-state index contributed by atoms with van der Waals surface area (Å²) in [6.07, 6.45) is 2.68. The predicted molar refractivity (Wildman–Crippen MR) is 81.3 cm³/mol. The third-order valence-corrected chi connectivity index (χ3v) is 4.76. The van der Waals surface area contributed by atoms with Crippen LogP contribution in [0.25, 0.3) is 0 Å². The molecule has 0 bridgehead atoms. The van der Waals surface area contributed by atoms with Gasteiger partial charge in [-0.1, -0.05) is 36.4 Å². The molecule has 0 aliphatic heterocycles. The van der Waals surface area contributed by atoms with Crippen molar-refractivity contribution in [3.05, 3.63) is 60.4 Å². The van der Waals surface area contributed by atoms with Gasteiger partial charge in [0, 0.05) is 6.42 Å². The van der Waals surface area contributed by atoms with Crippen LogP contribution in [0.1, 0.15) is 24.8 Å². The Morgan fingerprint density at radius 3 is 2.42 bits per heavy atom. The fourth-order valence-corrected chi connectivity index (χ4v) is 3.25. The topological polar surface area (TPSA) is 60.4 Å². The van der Waals surface area contributed by atoms with E-state index in [0.29, 0.717) is 5.56 Å². The molecule has 0 saturated carbocycles. The van der Waals surface area contributed by atoms with Crippen LogP contribution in [0.4, 0.5) is 13.2 Å². The van der Waals surface area contributed by atoms with Crippen molar-refractivity contribution in [2.75, 3.05) is 0 Å². The summed E-state index contributed by atoms with van der Waals surface area (Å²) in [6, 6.07) is 7.99. The van der Waals surface area contributed by atoms with Crippen LogP contribution in [-0.4, -0.2) is 19.7 Å². The molecule has 1 aromatic rings. The number of Topliss-reactive ketones (excluding diaryl/α,β-unsaturated/α-hetero) is 1. The molecular weight excluding hydrogens is 345 g/mol. The highest BCUT2D eigenvalue weighted by molar-refractivity contribution is 7.87. The number of carbonyl (C=O) groups is 1. The summed E-state index contributed by atoms with van der Waals surface area (Å²) in [5.74, 6) is -0.939. The van der Waals surface area contributed by atoms with E-state index in [1.165, 1.54) is 12.2 Å². The second kappa shape index (κ2) is 6.43. The van der Waals surface area contributed by atoms with Gasteiger partial charge in [-0.25, -0.2) is 0 Å². The van der Waals surface area contributed by atoms with Gasteiger partial charge in [-0.15, -0.1) is 6.58 Å². The van der Waals surface area contributed by atoms with E-state index in [1.54, 1.807) is 30.3 Å². The Kier molecular flexibility index (Phi) is 4.89. The standard InChI is InChI=1S/C16H15F3O4S/c1-2-11-15(12-7-4-3-5-8-12)13(20)9-6-10-14(15)23-24(21,22)16(17,18)19/h2-5,7-8,10H,1,6,9,11H2. The molecule has 0 spiro atoms. The van der Waals surface area contributed by atoms with Gasteiger partial charge in [0.15, 0.2) is 5.78 Å². The van der Waals surface area contributed by atoms with Gasteiger partial charge >= 0.3 is 15.6 Å². The fourth-order valence-electron chi connectivity index (χ4n) is 2.70. The van der Waals surface area contributed by atoms with Crippen molar-refractivity contribution in [1.29, 1.82) is 0 Å². The molecule has 0 amide bonds. The highest BCUT2D eigenvalue weighted by Crippen LogP contribution is 2.44. The van der Waals surface area contributed by atoms with Crippen molar-refractivity contribution in [3.8, 4) is 0 Å². The average molecular weight is 360 g/mol. The van der Waals surface area contributed by atoms with Gasteiger partial charge in [0.05, 0.1) is 0 Å². The molecule has 1 aromatic carbocycles. The average Bonchev–Trinajstić information content (AvgIpc) is 2.50. The molecule has 0 saturated heterocycles. The number of rotatable bonds is 5. The smallest absolute Gasteiger partial charge is 0.379 e. The number of halogens is 3. The molecule has 0 heterocycles. The van der Waals surface area contributed by atoms with Crippen molar-refractivity contribution in [1.82, 2.24) is 0 Å². The molecule has 4 nitrogen and oxygen atoms in total. The monoisotopic (exact) mass is 360 g/mol. The highest BCUT2D eigenvalue weighted by atomic mass is 32.2. The van der Waals surface area contributed by atoms with Crippen LogP contribution in [0.3, 0.4) is 0 Å². The molecule has 0 N–H and O–H groups in total. The molecule has 24 heavy (non-hydrogen) atoms. The number of alkyl halides is 3. The molecule has 0 fully saturated rings. The second-order valence-corrected chi connectivity index (χ2v) is 6.82. The summed E-state index contributed by atoms with van der Waals surface area (Å²) in [4.78, 5) is 12.6. The Balaban J connectivity index is 2.61. The minimum atomic E-state index is -5.87. The fraction of sp³-hybridized carbons (Fsp3) is 0.312. The Labute approximate surface area is 137 Å². The lowest BCUT2D eigenvalue weighted by molar-refractivity contribution is -0.124. The SMILES string of the molecule is C=CCC1(c2ccccc2)C(=O)CCC=C1OS(=O)(=O)C(F)(F)F. The third-order valence-electron chi connectivity index (χ3n) is 3.80. The molecule has 8 heteroatoms. The summed E-state index contributed by atoms with van der Waals surface area (Å²) in [5.41, 5.74) is -6.84. The molecule has 1 aliphatic rings. The first kappa shape index (κ1) is 18.3. The summed E-state index contributed by atoms with van der Waals surface area (Å²) in [7, 11) is -5.87. The molecule has 1 unspecified atom stereocenters. The van der Waals surface area contributed by atoms with Gasteiger partial charge in [-0.3, -0.25) is 4.79 Å². The van der Waals surface area contributed by atoms with Gasteiger partial charge in [0.25, 0.3) is 0 Å². The maximum Gasteiger partial charge on any atom is 0.534 e. The van der Waals surface area contributed by atoms with E-state index in [0.717, 1.165) is 0 Å². The molecule has 130 valence electrons. The van der Waals surface area contributed by atoms with Crippen molar-refractivity contribution in [3.63, 3.8) is 0 Å². The lowest BCUT2D eigenvalue weighted by Crippen LogP contribution is -2.42. The van der Waals surface area contributed by atoms with Gasteiger partial charge in [-0.2, -0.15) is 21.6 Å². The first-order valence-electron chi connectivity index (χ1n) is 7.06. The van der Waals surface area contributed by atoms with Crippen LogP contribution in [0.15, 0.2) is 54.8 Å². The quantitative estimate of drug-likeness (QED) is 0.457. The number of carbonyl (C=O) groups excluding carboxylic acids is 1. The lowest BCUT2D eigenvalue weighted by atomic mass is 9.69.